The lowest BCUT2D eigenvalue weighted by Gasteiger charge is -2.34. The first-order chi connectivity index (χ1) is 8.65. The Morgan fingerprint density at radius 1 is 1.22 bits per heavy atom. The highest BCUT2D eigenvalue weighted by Gasteiger charge is 2.32. The van der Waals surface area contributed by atoms with Crippen LogP contribution in [0.25, 0.3) is 0 Å². The van der Waals surface area contributed by atoms with Gasteiger partial charge in [0, 0.05) is 0 Å². The first-order valence-corrected chi connectivity index (χ1v) is 7.10. The van der Waals surface area contributed by atoms with Crippen LogP contribution in [0.3, 0.4) is 0 Å². The van der Waals surface area contributed by atoms with Gasteiger partial charge in [0.15, 0.2) is 5.82 Å². The van der Waals surface area contributed by atoms with Crippen LogP contribution >= 0.6 is 0 Å². The SMILES string of the molecule is CNC(C)c1nnnn1C1CCCCC1C(C)C. The van der Waals surface area contributed by atoms with Gasteiger partial charge in [0.2, 0.25) is 0 Å². The van der Waals surface area contributed by atoms with Gasteiger partial charge in [-0.3, -0.25) is 0 Å². The maximum absolute atomic E-state index is 4.26. The molecule has 1 heterocycles. The molecule has 3 unspecified atom stereocenters. The second-order valence-electron chi connectivity index (χ2n) is 5.75. The second kappa shape index (κ2) is 5.78. The summed E-state index contributed by atoms with van der Waals surface area (Å²) >= 11 is 0. The molecule has 1 N–H and O–H groups in total. The number of tetrazole rings is 1. The maximum Gasteiger partial charge on any atom is 0.168 e. The van der Waals surface area contributed by atoms with Crippen molar-refractivity contribution in [3.05, 3.63) is 5.82 Å². The van der Waals surface area contributed by atoms with Gasteiger partial charge in [-0.2, -0.15) is 0 Å². The quantitative estimate of drug-likeness (QED) is 0.892. The zero-order valence-corrected chi connectivity index (χ0v) is 11.9. The van der Waals surface area contributed by atoms with E-state index in [0.29, 0.717) is 17.9 Å². The second-order valence-corrected chi connectivity index (χ2v) is 5.75. The summed E-state index contributed by atoms with van der Waals surface area (Å²) in [5.74, 6) is 2.36. The summed E-state index contributed by atoms with van der Waals surface area (Å²) in [6.07, 6.45) is 5.15. The fourth-order valence-electron chi connectivity index (χ4n) is 3.07. The molecule has 0 aliphatic heterocycles. The fraction of sp³-hybridized carbons (Fsp3) is 0.923. The Balaban J connectivity index is 2.25. The molecule has 1 aromatic rings. The number of nitrogens with zero attached hydrogens (tertiary/aromatic N) is 4. The van der Waals surface area contributed by atoms with E-state index in [4.69, 9.17) is 0 Å². The first kappa shape index (κ1) is 13.5. The predicted molar refractivity (Wildman–Crippen MR) is 71.1 cm³/mol. The van der Waals surface area contributed by atoms with Crippen molar-refractivity contribution in [3.8, 4) is 0 Å². The van der Waals surface area contributed by atoms with Gasteiger partial charge in [-0.15, -0.1) is 5.10 Å². The van der Waals surface area contributed by atoms with Crippen LogP contribution in [0.5, 0.6) is 0 Å². The van der Waals surface area contributed by atoms with Crippen molar-refractivity contribution in [3.63, 3.8) is 0 Å². The Kier molecular flexibility index (Phi) is 4.32. The Labute approximate surface area is 109 Å². The van der Waals surface area contributed by atoms with E-state index in [9.17, 15) is 0 Å². The van der Waals surface area contributed by atoms with Crippen molar-refractivity contribution < 1.29 is 0 Å². The average Bonchev–Trinajstić information content (AvgIpc) is 2.86. The summed E-state index contributed by atoms with van der Waals surface area (Å²) in [5.41, 5.74) is 0. The summed E-state index contributed by atoms with van der Waals surface area (Å²) < 4.78 is 2.07. The van der Waals surface area contributed by atoms with E-state index in [1.165, 1.54) is 25.7 Å². The molecule has 2 rings (SSSR count). The minimum absolute atomic E-state index is 0.203. The average molecular weight is 251 g/mol. The summed E-state index contributed by atoms with van der Waals surface area (Å²) in [6, 6.07) is 0.675. The van der Waals surface area contributed by atoms with Crippen molar-refractivity contribution in [1.82, 2.24) is 25.5 Å². The fourth-order valence-corrected chi connectivity index (χ4v) is 3.07. The molecule has 5 heteroatoms. The largest absolute Gasteiger partial charge is 0.311 e. The number of aromatic nitrogens is 4. The van der Waals surface area contributed by atoms with E-state index in [0.717, 1.165) is 5.82 Å². The van der Waals surface area contributed by atoms with Gasteiger partial charge in [0.1, 0.15) is 0 Å². The van der Waals surface area contributed by atoms with E-state index < -0.39 is 0 Å². The van der Waals surface area contributed by atoms with Crippen LogP contribution in [-0.2, 0) is 0 Å². The molecular weight excluding hydrogens is 226 g/mol. The van der Waals surface area contributed by atoms with Crippen molar-refractivity contribution >= 4 is 0 Å². The lowest BCUT2D eigenvalue weighted by Crippen LogP contribution is -2.30. The molecule has 3 atom stereocenters. The van der Waals surface area contributed by atoms with Gasteiger partial charge in [0.25, 0.3) is 0 Å². The van der Waals surface area contributed by atoms with E-state index in [1.54, 1.807) is 0 Å². The van der Waals surface area contributed by atoms with Gasteiger partial charge >= 0.3 is 0 Å². The van der Waals surface area contributed by atoms with Crippen molar-refractivity contribution in [2.75, 3.05) is 7.05 Å². The zero-order chi connectivity index (χ0) is 13.1. The van der Waals surface area contributed by atoms with Crippen LogP contribution in [0.2, 0.25) is 0 Å². The molecule has 1 fully saturated rings. The summed E-state index contributed by atoms with van der Waals surface area (Å²) in [7, 11) is 1.95. The van der Waals surface area contributed by atoms with Crippen LogP contribution in [0.1, 0.15) is 64.4 Å². The molecule has 5 nitrogen and oxygen atoms in total. The summed E-state index contributed by atoms with van der Waals surface area (Å²) in [6.45, 7) is 6.73. The Morgan fingerprint density at radius 2 is 1.94 bits per heavy atom. The van der Waals surface area contributed by atoms with Crippen LogP contribution in [0.4, 0.5) is 0 Å². The van der Waals surface area contributed by atoms with Gasteiger partial charge < -0.3 is 5.32 Å². The molecule has 18 heavy (non-hydrogen) atoms. The smallest absolute Gasteiger partial charge is 0.168 e. The highest BCUT2D eigenvalue weighted by Crippen LogP contribution is 2.38. The molecule has 1 aromatic heterocycles. The third-order valence-electron chi connectivity index (χ3n) is 4.29. The Morgan fingerprint density at radius 3 is 2.61 bits per heavy atom. The third kappa shape index (κ3) is 2.55. The molecule has 0 spiro atoms. The molecule has 0 amide bonds. The van der Waals surface area contributed by atoms with Crippen LogP contribution in [0, 0.1) is 11.8 Å². The molecule has 102 valence electrons. The molecule has 0 saturated heterocycles. The molecule has 0 aromatic carbocycles. The molecular formula is C13H25N5. The van der Waals surface area contributed by atoms with Crippen molar-refractivity contribution in [2.45, 2.75) is 58.5 Å². The van der Waals surface area contributed by atoms with Crippen LogP contribution in [-0.4, -0.2) is 27.3 Å². The third-order valence-corrected chi connectivity index (χ3v) is 4.29. The standard InChI is InChI=1S/C13H25N5/c1-9(2)11-7-5-6-8-12(11)18-13(10(3)14-4)15-16-17-18/h9-12,14H,5-8H2,1-4H3. The summed E-state index contributed by atoms with van der Waals surface area (Å²) in [5, 5.41) is 15.6. The summed E-state index contributed by atoms with van der Waals surface area (Å²) in [4.78, 5) is 0. The molecule has 1 aliphatic carbocycles. The highest BCUT2D eigenvalue weighted by atomic mass is 15.6. The topological polar surface area (TPSA) is 55.6 Å². The number of hydrogen-bond donors (Lipinski definition) is 1. The Hall–Kier alpha value is -0.970. The van der Waals surface area contributed by atoms with E-state index >= 15 is 0 Å². The molecule has 0 radical (unpaired) electrons. The first-order valence-electron chi connectivity index (χ1n) is 7.10. The van der Waals surface area contributed by atoms with Crippen molar-refractivity contribution in [2.24, 2.45) is 11.8 Å². The van der Waals surface area contributed by atoms with E-state index in [2.05, 4.69) is 46.3 Å². The minimum Gasteiger partial charge on any atom is -0.311 e. The van der Waals surface area contributed by atoms with E-state index in [1.807, 2.05) is 7.05 Å². The predicted octanol–water partition coefficient (Wildman–Crippen LogP) is 2.34. The van der Waals surface area contributed by atoms with Crippen LogP contribution < -0.4 is 5.32 Å². The minimum atomic E-state index is 0.203. The molecule has 1 saturated carbocycles. The zero-order valence-electron chi connectivity index (χ0n) is 11.9. The lowest BCUT2D eigenvalue weighted by atomic mass is 9.78. The van der Waals surface area contributed by atoms with Crippen molar-refractivity contribution in [1.29, 1.82) is 0 Å². The number of hydrogen-bond acceptors (Lipinski definition) is 4. The molecule has 0 bridgehead atoms. The lowest BCUT2D eigenvalue weighted by molar-refractivity contribution is 0.165. The number of nitrogens with one attached hydrogen (secondary N) is 1. The van der Waals surface area contributed by atoms with Gasteiger partial charge in [-0.05, 0) is 49.1 Å². The Bertz CT molecular complexity index is 373. The van der Waals surface area contributed by atoms with Gasteiger partial charge in [0.05, 0.1) is 12.1 Å². The normalized spacial score (nSPS) is 26.5. The molecule has 1 aliphatic rings. The van der Waals surface area contributed by atoms with Gasteiger partial charge in [-0.25, -0.2) is 4.68 Å². The maximum atomic E-state index is 4.26. The van der Waals surface area contributed by atoms with Crippen LogP contribution in [0.15, 0.2) is 0 Å². The van der Waals surface area contributed by atoms with E-state index in [-0.39, 0.29) is 6.04 Å². The highest BCUT2D eigenvalue weighted by molar-refractivity contribution is 4.94. The monoisotopic (exact) mass is 251 g/mol. The number of rotatable bonds is 4. The van der Waals surface area contributed by atoms with Gasteiger partial charge in [-0.1, -0.05) is 26.7 Å².